The zero-order chi connectivity index (χ0) is 13.7. The van der Waals surface area contributed by atoms with Crippen LogP contribution >= 0.6 is 23.2 Å². The molecular weight excluding hydrogens is 279 g/mol. The normalized spacial score (nSPS) is 12.0. The van der Waals surface area contributed by atoms with E-state index >= 15 is 0 Å². The van der Waals surface area contributed by atoms with Gasteiger partial charge in [-0.1, -0.05) is 41.4 Å². The summed E-state index contributed by atoms with van der Waals surface area (Å²) in [7, 11) is 0. The lowest BCUT2D eigenvalue weighted by Gasteiger charge is -1.98. The van der Waals surface area contributed by atoms with Gasteiger partial charge in [-0.3, -0.25) is 0 Å². The number of halogens is 2. The smallest absolute Gasteiger partial charge is 0.124 e. The van der Waals surface area contributed by atoms with E-state index in [1.54, 1.807) is 30.3 Å². The highest BCUT2D eigenvalue weighted by atomic mass is 35.5. The predicted molar refractivity (Wildman–Crippen MR) is 83.2 cm³/mol. The zero-order valence-corrected chi connectivity index (χ0v) is 11.6. The summed E-state index contributed by atoms with van der Waals surface area (Å²) < 4.78 is 0. The van der Waals surface area contributed by atoms with Crippen LogP contribution in [0.15, 0.2) is 59.6 Å². The number of nitrogens with zero attached hydrogens (tertiary/aromatic N) is 1. The molecule has 4 heteroatoms. The largest absolute Gasteiger partial charge is 0.384 e. The number of hydrogen-bond acceptors (Lipinski definition) is 1. The number of benzene rings is 2. The molecule has 0 spiro atoms. The van der Waals surface area contributed by atoms with Crippen LogP contribution in [0.4, 0.5) is 5.69 Å². The van der Waals surface area contributed by atoms with Gasteiger partial charge in [-0.05, 0) is 48.0 Å². The minimum atomic E-state index is 0.405. The molecule has 0 radical (unpaired) electrons. The van der Waals surface area contributed by atoms with E-state index in [4.69, 9.17) is 28.9 Å². The quantitative estimate of drug-likeness (QED) is 0.646. The molecule has 2 N–H and O–H groups in total. The molecule has 2 aromatic carbocycles. The summed E-state index contributed by atoms with van der Waals surface area (Å²) in [4.78, 5) is 4.25. The Morgan fingerprint density at radius 1 is 1.00 bits per heavy atom. The molecule has 0 saturated heterocycles. The summed E-state index contributed by atoms with van der Waals surface area (Å²) in [5, 5.41) is 1.35. The first-order valence-corrected chi connectivity index (χ1v) is 6.43. The summed E-state index contributed by atoms with van der Waals surface area (Å²) in [5.41, 5.74) is 7.49. The van der Waals surface area contributed by atoms with Crippen LogP contribution in [0.3, 0.4) is 0 Å². The van der Waals surface area contributed by atoms with Crippen LogP contribution < -0.4 is 5.73 Å². The molecule has 2 rings (SSSR count). The van der Waals surface area contributed by atoms with Gasteiger partial charge in [-0.15, -0.1) is 0 Å². The third kappa shape index (κ3) is 4.12. The van der Waals surface area contributed by atoms with Crippen molar-refractivity contribution in [3.8, 4) is 0 Å². The van der Waals surface area contributed by atoms with Crippen LogP contribution in [0.2, 0.25) is 10.0 Å². The lowest BCUT2D eigenvalue weighted by atomic mass is 10.2. The maximum Gasteiger partial charge on any atom is 0.124 e. The first-order chi connectivity index (χ1) is 9.15. The van der Waals surface area contributed by atoms with Crippen molar-refractivity contribution in [3.63, 3.8) is 0 Å². The maximum absolute atomic E-state index is 6.04. The van der Waals surface area contributed by atoms with Gasteiger partial charge in [0.2, 0.25) is 0 Å². The highest BCUT2D eigenvalue weighted by molar-refractivity contribution is 6.32. The average Bonchev–Trinajstić information content (AvgIpc) is 2.40. The summed E-state index contributed by atoms with van der Waals surface area (Å²) in [6.45, 7) is 0. The molecule has 19 heavy (non-hydrogen) atoms. The van der Waals surface area contributed by atoms with E-state index < -0.39 is 0 Å². The van der Waals surface area contributed by atoms with Gasteiger partial charge in [0.25, 0.3) is 0 Å². The van der Waals surface area contributed by atoms with Gasteiger partial charge in [0, 0.05) is 10.0 Å². The van der Waals surface area contributed by atoms with Crippen LogP contribution in [0.25, 0.3) is 6.08 Å². The van der Waals surface area contributed by atoms with Crippen LogP contribution in [-0.4, -0.2) is 5.84 Å². The minimum absolute atomic E-state index is 0.405. The van der Waals surface area contributed by atoms with Crippen LogP contribution in [0.1, 0.15) is 5.56 Å². The number of amidine groups is 1. The second-order valence-electron chi connectivity index (χ2n) is 3.87. The number of aliphatic imine (C=N–C) groups is 1. The van der Waals surface area contributed by atoms with Gasteiger partial charge in [0.15, 0.2) is 0 Å². The molecule has 96 valence electrons. The molecule has 0 heterocycles. The molecule has 0 fully saturated rings. The Balaban J connectivity index is 2.14. The summed E-state index contributed by atoms with van der Waals surface area (Å²) >= 11 is 11.8. The molecule has 0 saturated carbocycles. The van der Waals surface area contributed by atoms with Crippen molar-refractivity contribution in [1.29, 1.82) is 0 Å². The van der Waals surface area contributed by atoms with Crippen molar-refractivity contribution < 1.29 is 0 Å². The molecule has 0 aliphatic heterocycles. The van der Waals surface area contributed by atoms with Crippen LogP contribution in [0, 0.1) is 0 Å². The first-order valence-electron chi connectivity index (χ1n) is 5.67. The molecule has 0 bridgehead atoms. The summed E-state index contributed by atoms with van der Waals surface area (Å²) in [5.74, 6) is 0.405. The lowest BCUT2D eigenvalue weighted by molar-refractivity contribution is 1.48. The van der Waals surface area contributed by atoms with E-state index in [1.165, 1.54) is 0 Å². The Kier molecular flexibility index (Phi) is 4.61. The number of rotatable bonds is 3. The predicted octanol–water partition coefficient (Wildman–Crippen LogP) is 4.70. The van der Waals surface area contributed by atoms with Crippen LogP contribution in [-0.2, 0) is 0 Å². The van der Waals surface area contributed by atoms with Crippen molar-refractivity contribution in [2.75, 3.05) is 0 Å². The van der Waals surface area contributed by atoms with E-state index in [0.29, 0.717) is 15.9 Å². The van der Waals surface area contributed by atoms with E-state index in [-0.39, 0.29) is 0 Å². The van der Waals surface area contributed by atoms with Crippen molar-refractivity contribution in [1.82, 2.24) is 0 Å². The first kappa shape index (κ1) is 13.7. The van der Waals surface area contributed by atoms with Crippen molar-refractivity contribution in [3.05, 3.63) is 70.2 Å². The fourth-order valence-electron chi connectivity index (χ4n) is 1.49. The summed E-state index contributed by atoms with van der Waals surface area (Å²) in [6, 6.07) is 14.7. The third-order valence-electron chi connectivity index (χ3n) is 2.42. The highest BCUT2D eigenvalue weighted by Crippen LogP contribution is 2.18. The maximum atomic E-state index is 6.04. The standard InChI is InChI=1S/C15H12Cl2N2/c16-12-6-8-13(9-7-12)19-15(18)10-5-11-3-1-2-4-14(11)17/h1-10H,(H2,18,19). The van der Waals surface area contributed by atoms with E-state index in [9.17, 15) is 0 Å². The van der Waals surface area contributed by atoms with E-state index in [1.807, 2.05) is 30.3 Å². The van der Waals surface area contributed by atoms with Crippen molar-refractivity contribution in [2.24, 2.45) is 10.7 Å². The molecular formula is C15H12Cl2N2. The molecule has 0 aliphatic rings. The molecule has 0 aromatic heterocycles. The monoisotopic (exact) mass is 290 g/mol. The third-order valence-corrected chi connectivity index (χ3v) is 3.02. The molecule has 0 amide bonds. The number of nitrogens with two attached hydrogens (primary N) is 1. The van der Waals surface area contributed by atoms with E-state index in [0.717, 1.165) is 11.3 Å². The Morgan fingerprint density at radius 3 is 2.37 bits per heavy atom. The molecule has 2 nitrogen and oxygen atoms in total. The highest BCUT2D eigenvalue weighted by Gasteiger charge is 1.94. The van der Waals surface area contributed by atoms with E-state index in [2.05, 4.69) is 4.99 Å². The molecule has 0 atom stereocenters. The van der Waals surface area contributed by atoms with Gasteiger partial charge in [0.05, 0.1) is 5.69 Å². The van der Waals surface area contributed by atoms with Crippen molar-refractivity contribution >= 4 is 40.8 Å². The Hall–Kier alpha value is -1.77. The van der Waals surface area contributed by atoms with Gasteiger partial charge in [-0.25, -0.2) is 4.99 Å². The van der Waals surface area contributed by atoms with Crippen LogP contribution in [0.5, 0.6) is 0 Å². The lowest BCUT2D eigenvalue weighted by Crippen LogP contribution is -2.06. The average molecular weight is 291 g/mol. The van der Waals surface area contributed by atoms with Gasteiger partial charge < -0.3 is 5.73 Å². The Bertz CT molecular complexity index is 616. The SMILES string of the molecule is NC(C=Cc1ccccc1Cl)=Nc1ccc(Cl)cc1. The molecule has 2 aromatic rings. The minimum Gasteiger partial charge on any atom is -0.384 e. The van der Waals surface area contributed by atoms with Gasteiger partial charge in [-0.2, -0.15) is 0 Å². The topological polar surface area (TPSA) is 38.4 Å². The van der Waals surface area contributed by atoms with Crippen molar-refractivity contribution in [2.45, 2.75) is 0 Å². The second kappa shape index (κ2) is 6.41. The summed E-state index contributed by atoms with van der Waals surface area (Å²) in [6.07, 6.45) is 3.55. The van der Waals surface area contributed by atoms with Gasteiger partial charge >= 0.3 is 0 Å². The number of hydrogen-bond donors (Lipinski definition) is 1. The second-order valence-corrected chi connectivity index (χ2v) is 4.71. The fourth-order valence-corrected chi connectivity index (χ4v) is 1.81. The zero-order valence-electron chi connectivity index (χ0n) is 10.1. The Morgan fingerprint density at radius 2 is 1.68 bits per heavy atom. The Labute approximate surface area is 122 Å². The van der Waals surface area contributed by atoms with Gasteiger partial charge in [0.1, 0.15) is 5.84 Å². The molecule has 0 aliphatic carbocycles. The fraction of sp³-hybridized carbons (Fsp3) is 0. The molecule has 0 unspecified atom stereocenters.